The molecule has 12 heteroatoms. The minimum absolute atomic E-state index is 0.0560. The third kappa shape index (κ3) is 7.75. The molecule has 0 aliphatic carbocycles. The Morgan fingerprint density at radius 2 is 1.56 bits per heavy atom. The summed E-state index contributed by atoms with van der Waals surface area (Å²) >= 11 is 0. The smallest absolute Gasteiger partial charge is 0.245 e. The monoisotopic (exact) mass is 585 g/mol. The third-order valence-electron chi connectivity index (χ3n) is 8.31. The fourth-order valence-corrected chi connectivity index (χ4v) is 8.06. The summed E-state index contributed by atoms with van der Waals surface area (Å²) < 4.78 is 83.4. The highest BCUT2D eigenvalue weighted by molar-refractivity contribution is 7.89. The zero-order valence-electron chi connectivity index (χ0n) is 22.4. The molecule has 2 aromatic carbocycles. The predicted octanol–water partition coefficient (Wildman–Crippen LogP) is 3.63. The van der Waals surface area contributed by atoms with E-state index in [4.69, 9.17) is 5.73 Å². The highest BCUT2D eigenvalue weighted by atomic mass is 32.2. The number of hydrogen-bond donors (Lipinski definition) is 2. The molecule has 1 atom stereocenters. The Morgan fingerprint density at radius 3 is 2.13 bits per heavy atom. The third-order valence-corrected chi connectivity index (χ3v) is 11.0. The Bertz CT molecular complexity index is 1320. The molecular formula is C27H39F2N4O4S2+. The van der Waals surface area contributed by atoms with E-state index < -0.39 is 31.7 Å². The number of benzene rings is 2. The van der Waals surface area contributed by atoms with Gasteiger partial charge in [-0.3, -0.25) is 0 Å². The van der Waals surface area contributed by atoms with E-state index in [0.717, 1.165) is 38.4 Å². The summed E-state index contributed by atoms with van der Waals surface area (Å²) in [5, 5.41) is 0. The van der Waals surface area contributed by atoms with E-state index in [2.05, 4.69) is 4.72 Å². The average Bonchev–Trinajstić information content (AvgIpc) is 2.88. The van der Waals surface area contributed by atoms with Crippen LogP contribution in [0.4, 0.5) is 14.5 Å². The lowest BCUT2D eigenvalue weighted by atomic mass is 9.78. The number of likely N-dealkylation sites (tertiary alicyclic amines) is 1. The maximum Gasteiger partial charge on any atom is 0.245 e. The number of quaternary nitrogens is 1. The topological polar surface area (TPSA) is 110 Å². The van der Waals surface area contributed by atoms with Crippen molar-refractivity contribution in [2.45, 2.75) is 49.3 Å². The van der Waals surface area contributed by atoms with Crippen molar-refractivity contribution in [2.75, 3.05) is 51.4 Å². The van der Waals surface area contributed by atoms with Gasteiger partial charge in [0.1, 0.15) is 18.3 Å². The summed E-state index contributed by atoms with van der Waals surface area (Å²) in [6.45, 7) is 3.23. The van der Waals surface area contributed by atoms with Crippen LogP contribution in [0.5, 0.6) is 0 Å². The molecule has 39 heavy (non-hydrogen) atoms. The molecule has 2 aromatic rings. The van der Waals surface area contributed by atoms with Crippen LogP contribution >= 0.6 is 0 Å². The first-order valence-electron chi connectivity index (χ1n) is 13.5. The standard InChI is InChI=1S/C27H39F2N4O4S2/c1-38(34,35)32-12-9-21(10-13-32)27(22-17-23(28)19-24(29)18-22)11-16-33(14-3-2-4-15-33)20-31-39(36,37)26-7-5-25(30)6-8-26/h5-8,17-19,21,27,31H,2-4,9-16,20,30H2,1H3/q+1/t27-/m1/s1. The van der Waals surface area contributed by atoms with Crippen LogP contribution in [0.25, 0.3) is 0 Å². The molecule has 0 aromatic heterocycles. The lowest BCUT2D eigenvalue weighted by molar-refractivity contribution is -0.934. The second-order valence-electron chi connectivity index (χ2n) is 11.0. The molecule has 0 saturated carbocycles. The normalized spacial score (nSPS) is 20.1. The minimum Gasteiger partial charge on any atom is -0.399 e. The Morgan fingerprint density at radius 1 is 0.974 bits per heavy atom. The number of halogens is 2. The van der Waals surface area contributed by atoms with Gasteiger partial charge in [-0.2, -0.15) is 4.72 Å². The summed E-state index contributed by atoms with van der Waals surface area (Å²) in [5.41, 5.74) is 6.76. The Kier molecular flexibility index (Phi) is 9.32. The molecular weight excluding hydrogens is 546 g/mol. The summed E-state index contributed by atoms with van der Waals surface area (Å²) in [5.74, 6) is -1.40. The van der Waals surface area contributed by atoms with Gasteiger partial charge in [0.25, 0.3) is 0 Å². The molecule has 4 rings (SSSR count). The Hall–Kier alpha value is -2.12. The van der Waals surface area contributed by atoms with Crippen molar-refractivity contribution in [2.24, 2.45) is 5.92 Å². The molecule has 0 amide bonds. The number of nitrogens with one attached hydrogen (secondary N) is 1. The van der Waals surface area contributed by atoms with Gasteiger partial charge in [0.15, 0.2) is 0 Å². The molecule has 2 heterocycles. The summed E-state index contributed by atoms with van der Waals surface area (Å²) in [6, 6.07) is 9.68. The summed E-state index contributed by atoms with van der Waals surface area (Å²) in [6.07, 6.45) is 6.01. The van der Waals surface area contributed by atoms with Crippen LogP contribution in [-0.2, 0) is 20.0 Å². The van der Waals surface area contributed by atoms with Gasteiger partial charge < -0.3 is 10.2 Å². The SMILES string of the molecule is CS(=O)(=O)N1CCC([C@@H](CC[N+]2(CNS(=O)(=O)c3ccc(N)cc3)CCCCC2)c2cc(F)cc(F)c2)CC1. The lowest BCUT2D eigenvalue weighted by Gasteiger charge is -2.43. The molecule has 2 fully saturated rings. The van der Waals surface area contributed by atoms with Gasteiger partial charge in [0.05, 0.1) is 30.8 Å². The largest absolute Gasteiger partial charge is 0.399 e. The van der Waals surface area contributed by atoms with Crippen LogP contribution in [0.3, 0.4) is 0 Å². The second-order valence-corrected chi connectivity index (χ2v) is 14.8. The van der Waals surface area contributed by atoms with Crippen molar-refractivity contribution in [3.8, 4) is 0 Å². The van der Waals surface area contributed by atoms with Gasteiger partial charge >= 0.3 is 0 Å². The highest BCUT2D eigenvalue weighted by Crippen LogP contribution is 2.37. The van der Waals surface area contributed by atoms with E-state index >= 15 is 0 Å². The van der Waals surface area contributed by atoms with Gasteiger partial charge in [-0.25, -0.2) is 29.9 Å². The van der Waals surface area contributed by atoms with Crippen LogP contribution in [0, 0.1) is 17.6 Å². The molecule has 216 valence electrons. The number of nitrogens with two attached hydrogens (primary N) is 1. The molecule has 0 radical (unpaired) electrons. The number of hydrogen-bond acceptors (Lipinski definition) is 5. The highest BCUT2D eigenvalue weighted by Gasteiger charge is 2.36. The van der Waals surface area contributed by atoms with Crippen LogP contribution in [0.15, 0.2) is 47.4 Å². The van der Waals surface area contributed by atoms with Crippen molar-refractivity contribution in [3.05, 3.63) is 59.7 Å². The molecule has 2 aliphatic rings. The molecule has 8 nitrogen and oxygen atoms in total. The van der Waals surface area contributed by atoms with E-state index in [0.29, 0.717) is 54.6 Å². The van der Waals surface area contributed by atoms with Gasteiger partial charge in [0.2, 0.25) is 20.0 Å². The van der Waals surface area contributed by atoms with Crippen molar-refractivity contribution in [1.29, 1.82) is 0 Å². The van der Waals surface area contributed by atoms with Gasteiger partial charge in [-0.05, 0) is 85.9 Å². The molecule has 2 aliphatic heterocycles. The molecule has 0 bridgehead atoms. The Balaban J connectivity index is 1.53. The molecule has 2 saturated heterocycles. The first kappa shape index (κ1) is 29.9. The van der Waals surface area contributed by atoms with Gasteiger partial charge in [-0.1, -0.05) is 0 Å². The minimum atomic E-state index is -3.74. The predicted molar refractivity (Wildman–Crippen MR) is 148 cm³/mol. The first-order valence-corrected chi connectivity index (χ1v) is 16.8. The number of nitrogen functional groups attached to an aromatic ring is 1. The quantitative estimate of drug-likeness (QED) is 0.327. The average molecular weight is 586 g/mol. The maximum absolute atomic E-state index is 14.3. The molecule has 0 spiro atoms. The lowest BCUT2D eigenvalue weighted by Crippen LogP contribution is -2.57. The second kappa shape index (κ2) is 12.2. The summed E-state index contributed by atoms with van der Waals surface area (Å²) in [7, 11) is -7.04. The van der Waals surface area contributed by atoms with Crippen LogP contribution < -0.4 is 10.5 Å². The van der Waals surface area contributed by atoms with E-state index in [1.54, 1.807) is 12.1 Å². The summed E-state index contributed by atoms with van der Waals surface area (Å²) in [4.78, 5) is 0.151. The van der Waals surface area contributed by atoms with E-state index in [1.165, 1.54) is 34.8 Å². The van der Waals surface area contributed by atoms with E-state index in [9.17, 15) is 25.6 Å². The van der Waals surface area contributed by atoms with Crippen LogP contribution in [0.2, 0.25) is 0 Å². The molecule has 3 N–H and O–H groups in total. The number of anilines is 1. The fraction of sp³-hybridized carbons (Fsp3) is 0.556. The van der Waals surface area contributed by atoms with E-state index in [1.807, 2.05) is 0 Å². The number of sulfonamides is 2. The zero-order valence-corrected chi connectivity index (χ0v) is 24.0. The van der Waals surface area contributed by atoms with Gasteiger partial charge in [0, 0.05) is 31.3 Å². The van der Waals surface area contributed by atoms with Crippen molar-refractivity contribution >= 4 is 25.7 Å². The number of rotatable bonds is 10. The molecule has 0 unspecified atom stereocenters. The van der Waals surface area contributed by atoms with Crippen molar-refractivity contribution in [3.63, 3.8) is 0 Å². The Labute approximate surface area is 230 Å². The fourth-order valence-electron chi connectivity index (χ4n) is 6.08. The van der Waals surface area contributed by atoms with Crippen molar-refractivity contribution in [1.82, 2.24) is 9.03 Å². The number of nitrogens with zero attached hydrogens (tertiary/aromatic N) is 2. The van der Waals surface area contributed by atoms with Gasteiger partial charge in [-0.15, -0.1) is 0 Å². The van der Waals surface area contributed by atoms with Crippen LogP contribution in [-0.4, -0.2) is 71.3 Å². The zero-order chi connectivity index (χ0) is 28.3. The van der Waals surface area contributed by atoms with Crippen LogP contribution in [0.1, 0.15) is 50.0 Å². The van der Waals surface area contributed by atoms with E-state index in [-0.39, 0.29) is 23.4 Å². The first-order chi connectivity index (χ1) is 18.4. The number of piperidine rings is 2. The maximum atomic E-state index is 14.3. The van der Waals surface area contributed by atoms with Crippen molar-refractivity contribution < 1.29 is 30.1 Å².